The number of carbonyl (C=O) groups is 6. The number of amides is 5. The highest BCUT2D eigenvalue weighted by molar-refractivity contribution is 5.95. The Labute approximate surface area is 252 Å². The van der Waals surface area contributed by atoms with Crippen LogP contribution in [0.2, 0.25) is 0 Å². The SMILES string of the molecule is NC(=O)CCC(N)C(=O)NC(CCCN=C(N)N)C(=O)NC(Cc1c[nH]c2ccccc12)C(=O)NC(CCC(N)=O)C(=O)O. The minimum atomic E-state index is -1.46. The zero-order valence-corrected chi connectivity index (χ0v) is 24.1. The van der Waals surface area contributed by atoms with Gasteiger partial charge < -0.3 is 54.7 Å². The van der Waals surface area contributed by atoms with Crippen molar-refractivity contribution in [1.29, 1.82) is 0 Å². The average Bonchev–Trinajstić information content (AvgIpc) is 3.37. The average molecular weight is 617 g/mol. The number of nitrogens with zero attached hydrogens (tertiary/aromatic N) is 1. The molecule has 1 heterocycles. The van der Waals surface area contributed by atoms with Gasteiger partial charge in [0.05, 0.1) is 6.04 Å². The van der Waals surface area contributed by atoms with Crippen molar-refractivity contribution in [3.05, 3.63) is 36.0 Å². The standard InChI is InChI=1S/C27H40N10O7/c28-16(7-9-21(29)38)23(40)35-18(6-3-11-33-27(31)32)24(41)37-20(12-14-13-34-17-5-2-1-4-15(14)17)25(42)36-19(26(43)44)8-10-22(30)39/h1-2,4-5,13,16,18-20,34H,3,6-12,28H2,(H2,29,38)(H2,30,39)(H,35,40)(H,36,42)(H,37,41)(H,43,44)(H4,31,32,33). The van der Waals surface area contributed by atoms with Gasteiger partial charge in [0.25, 0.3) is 0 Å². The van der Waals surface area contributed by atoms with E-state index in [1.54, 1.807) is 12.3 Å². The lowest BCUT2D eigenvalue weighted by Gasteiger charge is -2.25. The molecule has 17 nitrogen and oxygen atoms in total. The van der Waals surface area contributed by atoms with E-state index in [-0.39, 0.29) is 57.5 Å². The maximum absolute atomic E-state index is 13.5. The number of carbonyl (C=O) groups excluding carboxylic acids is 5. The Bertz CT molecular complexity index is 1370. The second-order valence-electron chi connectivity index (χ2n) is 10.2. The Balaban J connectivity index is 2.33. The van der Waals surface area contributed by atoms with Crippen LogP contribution in [0.4, 0.5) is 0 Å². The van der Waals surface area contributed by atoms with Crippen molar-refractivity contribution < 1.29 is 33.9 Å². The molecule has 15 N–H and O–H groups in total. The molecule has 0 aliphatic carbocycles. The molecule has 0 spiro atoms. The first-order chi connectivity index (χ1) is 20.8. The van der Waals surface area contributed by atoms with Gasteiger partial charge in [-0.2, -0.15) is 0 Å². The second-order valence-corrected chi connectivity index (χ2v) is 10.2. The molecule has 1 aromatic carbocycles. The number of nitrogens with two attached hydrogens (primary N) is 5. The van der Waals surface area contributed by atoms with Gasteiger partial charge in [0.2, 0.25) is 29.5 Å². The number of carboxylic acid groups (broad SMARTS) is 1. The summed E-state index contributed by atoms with van der Waals surface area (Å²) in [5, 5.41) is 17.9. The summed E-state index contributed by atoms with van der Waals surface area (Å²) in [4.78, 5) is 80.8. The minimum absolute atomic E-state index is 0.0364. The highest BCUT2D eigenvalue weighted by Crippen LogP contribution is 2.19. The summed E-state index contributed by atoms with van der Waals surface area (Å²) >= 11 is 0. The summed E-state index contributed by atoms with van der Waals surface area (Å²) in [6.07, 6.45) is 1.12. The molecule has 17 heteroatoms. The van der Waals surface area contributed by atoms with Crippen molar-refractivity contribution in [2.24, 2.45) is 33.7 Å². The van der Waals surface area contributed by atoms with Crippen molar-refractivity contribution in [3.63, 3.8) is 0 Å². The summed E-state index contributed by atoms with van der Waals surface area (Å²) in [6.45, 7) is 0.134. The maximum atomic E-state index is 13.5. The van der Waals surface area contributed by atoms with Gasteiger partial charge in [0.1, 0.15) is 18.1 Å². The molecule has 0 saturated carbocycles. The number of rotatable bonds is 19. The van der Waals surface area contributed by atoms with E-state index in [1.807, 2.05) is 18.2 Å². The molecule has 0 aliphatic rings. The third-order valence-corrected chi connectivity index (χ3v) is 6.64. The van der Waals surface area contributed by atoms with Gasteiger partial charge in [-0.05, 0) is 37.3 Å². The summed E-state index contributed by atoms with van der Waals surface area (Å²) < 4.78 is 0. The number of fused-ring (bicyclic) bond motifs is 1. The fourth-order valence-corrected chi connectivity index (χ4v) is 4.30. The molecular formula is C27H40N10O7. The number of hydrogen-bond donors (Lipinski definition) is 10. The predicted molar refractivity (Wildman–Crippen MR) is 160 cm³/mol. The third-order valence-electron chi connectivity index (χ3n) is 6.64. The lowest BCUT2D eigenvalue weighted by molar-refractivity contribution is -0.142. The number of nitrogens with one attached hydrogen (secondary N) is 4. The number of H-pyrrole nitrogens is 1. The van der Waals surface area contributed by atoms with Crippen molar-refractivity contribution in [1.82, 2.24) is 20.9 Å². The van der Waals surface area contributed by atoms with Crippen molar-refractivity contribution in [2.45, 2.75) is 69.1 Å². The lowest BCUT2D eigenvalue weighted by Crippen LogP contribution is -2.57. The Hall–Kier alpha value is -5.19. The van der Waals surface area contributed by atoms with Crippen LogP contribution < -0.4 is 44.6 Å². The first kappa shape index (κ1) is 35.0. The van der Waals surface area contributed by atoms with Crippen LogP contribution >= 0.6 is 0 Å². The van der Waals surface area contributed by atoms with Gasteiger partial charge in [-0.1, -0.05) is 18.2 Å². The molecule has 5 amide bonds. The summed E-state index contributed by atoms with van der Waals surface area (Å²) in [7, 11) is 0. The first-order valence-corrected chi connectivity index (χ1v) is 13.8. The van der Waals surface area contributed by atoms with Crippen LogP contribution in [0.1, 0.15) is 44.1 Å². The number of carboxylic acids is 1. The largest absolute Gasteiger partial charge is 0.480 e. The zero-order valence-electron chi connectivity index (χ0n) is 24.1. The van der Waals surface area contributed by atoms with E-state index < -0.39 is 59.7 Å². The van der Waals surface area contributed by atoms with Crippen molar-refractivity contribution in [2.75, 3.05) is 6.54 Å². The quantitative estimate of drug-likeness (QED) is 0.0438. The van der Waals surface area contributed by atoms with E-state index in [9.17, 15) is 33.9 Å². The van der Waals surface area contributed by atoms with Gasteiger partial charge >= 0.3 is 5.97 Å². The number of primary amides is 2. The third kappa shape index (κ3) is 11.6. The smallest absolute Gasteiger partial charge is 0.326 e. The Morgan fingerprint density at radius 2 is 1.39 bits per heavy atom. The molecule has 0 saturated heterocycles. The van der Waals surface area contributed by atoms with Crippen LogP contribution in [0.15, 0.2) is 35.5 Å². The highest BCUT2D eigenvalue weighted by atomic mass is 16.4. The number of benzene rings is 1. The van der Waals surface area contributed by atoms with E-state index in [1.165, 1.54) is 0 Å². The molecule has 2 rings (SSSR count). The van der Waals surface area contributed by atoms with E-state index in [2.05, 4.69) is 25.9 Å². The number of aliphatic imine (C=N–C) groups is 1. The van der Waals surface area contributed by atoms with E-state index in [4.69, 9.17) is 28.7 Å². The number of para-hydroxylation sites is 1. The molecule has 0 radical (unpaired) electrons. The van der Waals surface area contributed by atoms with Crippen LogP contribution in [0.3, 0.4) is 0 Å². The minimum Gasteiger partial charge on any atom is -0.480 e. The topological polar surface area (TPSA) is 317 Å². The molecule has 44 heavy (non-hydrogen) atoms. The van der Waals surface area contributed by atoms with Gasteiger partial charge in [0, 0.05) is 42.9 Å². The highest BCUT2D eigenvalue weighted by Gasteiger charge is 2.31. The molecule has 0 bridgehead atoms. The van der Waals surface area contributed by atoms with Crippen molar-refractivity contribution >= 4 is 52.4 Å². The summed E-state index contributed by atoms with van der Waals surface area (Å²) in [5.41, 5.74) is 28.3. The van der Waals surface area contributed by atoms with Crippen LogP contribution in [0.25, 0.3) is 10.9 Å². The number of hydrogen-bond acceptors (Lipinski definition) is 8. The predicted octanol–water partition coefficient (Wildman–Crippen LogP) is -2.84. The van der Waals surface area contributed by atoms with Crippen LogP contribution in [0.5, 0.6) is 0 Å². The first-order valence-electron chi connectivity index (χ1n) is 13.8. The molecule has 240 valence electrons. The monoisotopic (exact) mass is 616 g/mol. The van der Waals surface area contributed by atoms with Gasteiger partial charge in [-0.3, -0.25) is 29.0 Å². The number of aromatic nitrogens is 1. The van der Waals surface area contributed by atoms with E-state index in [0.717, 1.165) is 10.9 Å². The molecule has 1 aromatic heterocycles. The van der Waals surface area contributed by atoms with E-state index >= 15 is 0 Å². The lowest BCUT2D eigenvalue weighted by atomic mass is 10.0. The molecule has 0 aliphatic heterocycles. The zero-order chi connectivity index (χ0) is 32.8. The normalized spacial score (nSPS) is 13.6. The number of guanidine groups is 1. The number of aromatic amines is 1. The summed E-state index contributed by atoms with van der Waals surface area (Å²) in [5.74, 6) is -5.31. The van der Waals surface area contributed by atoms with Crippen molar-refractivity contribution in [3.8, 4) is 0 Å². The molecule has 0 fully saturated rings. The fraction of sp³-hybridized carbons (Fsp3) is 0.444. The van der Waals surface area contributed by atoms with Crippen LogP contribution in [-0.4, -0.2) is 82.3 Å². The van der Waals surface area contributed by atoms with E-state index in [0.29, 0.717) is 5.56 Å². The molecular weight excluding hydrogens is 576 g/mol. The molecule has 2 aromatic rings. The maximum Gasteiger partial charge on any atom is 0.326 e. The van der Waals surface area contributed by atoms with Gasteiger partial charge in [0.15, 0.2) is 5.96 Å². The van der Waals surface area contributed by atoms with Crippen LogP contribution in [0, 0.1) is 0 Å². The Morgan fingerprint density at radius 1 is 0.795 bits per heavy atom. The number of aliphatic carboxylic acids is 1. The van der Waals surface area contributed by atoms with Gasteiger partial charge in [-0.15, -0.1) is 0 Å². The fourth-order valence-electron chi connectivity index (χ4n) is 4.30. The van der Waals surface area contributed by atoms with Gasteiger partial charge in [-0.25, -0.2) is 4.79 Å². The molecule has 4 unspecified atom stereocenters. The Kier molecular flexibility index (Phi) is 13.6. The Morgan fingerprint density at radius 3 is 2.02 bits per heavy atom. The second kappa shape index (κ2) is 17.1. The van der Waals surface area contributed by atoms with Crippen LogP contribution in [-0.2, 0) is 35.2 Å². The molecule has 4 atom stereocenters. The summed E-state index contributed by atoms with van der Waals surface area (Å²) in [6, 6.07) is 2.11.